The van der Waals surface area contributed by atoms with Crippen molar-refractivity contribution in [1.29, 1.82) is 0 Å². The Labute approximate surface area is 103 Å². The highest BCUT2D eigenvalue weighted by Gasteiger charge is 2.34. The lowest BCUT2D eigenvalue weighted by Gasteiger charge is -2.25. The molecular formula is C14H22N2O. The molecule has 2 rings (SSSR count). The van der Waals surface area contributed by atoms with Crippen LogP contribution in [0.15, 0.2) is 18.2 Å². The van der Waals surface area contributed by atoms with Gasteiger partial charge in [-0.05, 0) is 40.0 Å². The van der Waals surface area contributed by atoms with Gasteiger partial charge in [0.2, 0.25) is 0 Å². The maximum atomic E-state index is 10.1. The molecule has 0 radical (unpaired) electrons. The molecule has 0 bridgehead atoms. The van der Waals surface area contributed by atoms with Crippen molar-refractivity contribution >= 4 is 5.69 Å². The number of hydrogen-bond donors (Lipinski definition) is 2. The van der Waals surface area contributed by atoms with Crippen molar-refractivity contribution in [2.45, 2.75) is 38.8 Å². The summed E-state index contributed by atoms with van der Waals surface area (Å²) >= 11 is 0. The topological polar surface area (TPSA) is 35.5 Å². The highest BCUT2D eigenvalue weighted by atomic mass is 16.3. The molecule has 17 heavy (non-hydrogen) atoms. The molecule has 1 aromatic carbocycles. The zero-order valence-electron chi connectivity index (χ0n) is 11.1. The Bertz CT molecular complexity index is 403. The quantitative estimate of drug-likeness (QED) is 0.842. The van der Waals surface area contributed by atoms with E-state index in [1.165, 1.54) is 5.69 Å². The first-order valence-corrected chi connectivity index (χ1v) is 6.32. The molecule has 2 atom stereocenters. The number of phenols is 1. The summed E-state index contributed by atoms with van der Waals surface area (Å²) in [5.74, 6) is 0.788. The van der Waals surface area contributed by atoms with E-state index >= 15 is 0 Å². The predicted molar refractivity (Wildman–Crippen MR) is 71.9 cm³/mol. The Morgan fingerprint density at radius 2 is 2.06 bits per heavy atom. The SMILES string of the molecule is CNC(C)C1CN(C(C)C)c2cccc(O)c21. The number of benzene rings is 1. The van der Waals surface area contributed by atoms with Crippen LogP contribution in [0.4, 0.5) is 5.69 Å². The van der Waals surface area contributed by atoms with Crippen molar-refractivity contribution in [1.82, 2.24) is 5.32 Å². The van der Waals surface area contributed by atoms with Gasteiger partial charge in [0.25, 0.3) is 0 Å². The number of fused-ring (bicyclic) bond motifs is 1. The first kappa shape index (κ1) is 12.2. The largest absolute Gasteiger partial charge is 0.508 e. The fourth-order valence-electron chi connectivity index (χ4n) is 2.67. The third-order valence-corrected chi connectivity index (χ3v) is 3.82. The number of anilines is 1. The smallest absolute Gasteiger partial charge is 0.121 e. The minimum atomic E-state index is 0.360. The van der Waals surface area contributed by atoms with E-state index in [-0.39, 0.29) is 0 Å². The fourth-order valence-corrected chi connectivity index (χ4v) is 2.67. The number of aromatic hydroxyl groups is 1. The Balaban J connectivity index is 2.45. The second-order valence-electron chi connectivity index (χ2n) is 5.14. The van der Waals surface area contributed by atoms with Crippen LogP contribution < -0.4 is 10.2 Å². The van der Waals surface area contributed by atoms with E-state index in [0.29, 0.717) is 23.8 Å². The van der Waals surface area contributed by atoms with Crippen LogP contribution in [-0.4, -0.2) is 30.8 Å². The Morgan fingerprint density at radius 1 is 1.35 bits per heavy atom. The second kappa shape index (κ2) is 4.57. The summed E-state index contributed by atoms with van der Waals surface area (Å²) < 4.78 is 0. The first-order valence-electron chi connectivity index (χ1n) is 6.32. The average molecular weight is 234 g/mol. The van der Waals surface area contributed by atoms with Crippen LogP contribution in [-0.2, 0) is 0 Å². The van der Waals surface area contributed by atoms with Gasteiger partial charge in [0.15, 0.2) is 0 Å². The van der Waals surface area contributed by atoms with Crippen molar-refractivity contribution in [3.8, 4) is 5.75 Å². The van der Waals surface area contributed by atoms with Gasteiger partial charge in [-0.2, -0.15) is 0 Å². The summed E-state index contributed by atoms with van der Waals surface area (Å²) in [6, 6.07) is 6.65. The van der Waals surface area contributed by atoms with Crippen molar-refractivity contribution in [2.75, 3.05) is 18.5 Å². The third kappa shape index (κ3) is 2.00. The lowest BCUT2D eigenvalue weighted by molar-refractivity contribution is 0.446. The molecule has 0 fully saturated rings. The molecule has 3 heteroatoms. The van der Waals surface area contributed by atoms with Gasteiger partial charge in [0, 0.05) is 35.8 Å². The third-order valence-electron chi connectivity index (χ3n) is 3.82. The number of likely N-dealkylation sites (N-methyl/N-ethyl adjacent to an activating group) is 1. The number of nitrogens with zero attached hydrogens (tertiary/aromatic N) is 1. The maximum Gasteiger partial charge on any atom is 0.121 e. The van der Waals surface area contributed by atoms with Gasteiger partial charge in [-0.3, -0.25) is 0 Å². The van der Waals surface area contributed by atoms with Crippen LogP contribution in [0.5, 0.6) is 5.75 Å². The number of nitrogens with one attached hydrogen (secondary N) is 1. The molecule has 0 spiro atoms. The second-order valence-corrected chi connectivity index (χ2v) is 5.14. The molecule has 1 aliphatic heterocycles. The molecule has 0 saturated carbocycles. The number of hydrogen-bond acceptors (Lipinski definition) is 3. The van der Waals surface area contributed by atoms with Crippen molar-refractivity contribution in [3.63, 3.8) is 0 Å². The van der Waals surface area contributed by atoms with Crippen molar-refractivity contribution in [2.24, 2.45) is 0 Å². The van der Waals surface area contributed by atoms with Gasteiger partial charge in [-0.1, -0.05) is 6.07 Å². The molecule has 0 amide bonds. The van der Waals surface area contributed by atoms with Crippen LogP contribution in [0.3, 0.4) is 0 Å². The lowest BCUT2D eigenvalue weighted by atomic mass is 9.94. The Hall–Kier alpha value is -1.22. The Kier molecular flexibility index (Phi) is 3.29. The van der Waals surface area contributed by atoms with Crippen LogP contribution in [0, 0.1) is 0 Å². The van der Waals surface area contributed by atoms with Gasteiger partial charge in [0.1, 0.15) is 5.75 Å². The average Bonchev–Trinajstić information content (AvgIpc) is 2.69. The van der Waals surface area contributed by atoms with Gasteiger partial charge in [-0.15, -0.1) is 0 Å². The summed E-state index contributed by atoms with van der Waals surface area (Å²) in [5, 5.41) is 13.4. The van der Waals surface area contributed by atoms with Crippen LogP contribution in [0.2, 0.25) is 0 Å². The molecule has 0 aliphatic carbocycles. The zero-order valence-corrected chi connectivity index (χ0v) is 11.1. The van der Waals surface area contributed by atoms with E-state index in [4.69, 9.17) is 0 Å². The minimum absolute atomic E-state index is 0.360. The number of phenolic OH excluding ortho intramolecular Hbond substituents is 1. The van der Waals surface area contributed by atoms with Gasteiger partial charge >= 0.3 is 0 Å². The van der Waals surface area contributed by atoms with Crippen LogP contribution in [0.1, 0.15) is 32.3 Å². The molecule has 94 valence electrons. The van der Waals surface area contributed by atoms with Crippen molar-refractivity contribution in [3.05, 3.63) is 23.8 Å². The van der Waals surface area contributed by atoms with Gasteiger partial charge in [-0.25, -0.2) is 0 Å². The molecule has 1 heterocycles. The highest BCUT2D eigenvalue weighted by Crippen LogP contribution is 2.43. The predicted octanol–water partition coefficient (Wildman–Crippen LogP) is 2.31. The van der Waals surface area contributed by atoms with Gasteiger partial charge in [0.05, 0.1) is 0 Å². The van der Waals surface area contributed by atoms with E-state index in [1.54, 1.807) is 6.07 Å². The molecule has 2 N–H and O–H groups in total. The maximum absolute atomic E-state index is 10.1. The van der Waals surface area contributed by atoms with Gasteiger partial charge < -0.3 is 15.3 Å². The summed E-state index contributed by atoms with van der Waals surface area (Å²) in [6.07, 6.45) is 0. The normalized spacial score (nSPS) is 20.8. The summed E-state index contributed by atoms with van der Waals surface area (Å²) in [6.45, 7) is 7.54. The van der Waals surface area contributed by atoms with E-state index in [2.05, 4.69) is 37.1 Å². The monoisotopic (exact) mass is 234 g/mol. The lowest BCUT2D eigenvalue weighted by Crippen LogP contribution is -2.35. The van der Waals surface area contributed by atoms with E-state index < -0.39 is 0 Å². The molecule has 2 unspecified atom stereocenters. The minimum Gasteiger partial charge on any atom is -0.508 e. The van der Waals surface area contributed by atoms with Crippen LogP contribution >= 0.6 is 0 Å². The van der Waals surface area contributed by atoms with E-state index in [1.807, 2.05) is 13.1 Å². The molecule has 1 aliphatic rings. The fraction of sp³-hybridized carbons (Fsp3) is 0.571. The summed E-state index contributed by atoms with van der Waals surface area (Å²) in [5.41, 5.74) is 2.29. The number of rotatable bonds is 3. The molecular weight excluding hydrogens is 212 g/mol. The highest BCUT2D eigenvalue weighted by molar-refractivity contribution is 5.66. The molecule has 0 saturated heterocycles. The Morgan fingerprint density at radius 3 is 2.65 bits per heavy atom. The summed E-state index contributed by atoms with van der Waals surface area (Å²) in [7, 11) is 1.97. The van der Waals surface area contributed by atoms with E-state index in [9.17, 15) is 5.11 Å². The molecule has 1 aromatic rings. The summed E-state index contributed by atoms with van der Waals surface area (Å²) in [4.78, 5) is 2.37. The molecule has 0 aromatic heterocycles. The van der Waals surface area contributed by atoms with E-state index in [0.717, 1.165) is 12.1 Å². The first-order chi connectivity index (χ1) is 8.06. The standard InChI is InChI=1S/C14H22N2O/c1-9(2)16-8-11(10(3)15-4)14-12(16)6-5-7-13(14)17/h5-7,9-11,15,17H,8H2,1-4H3. The van der Waals surface area contributed by atoms with Crippen LogP contribution in [0.25, 0.3) is 0 Å². The molecule has 3 nitrogen and oxygen atoms in total. The van der Waals surface area contributed by atoms with Crippen molar-refractivity contribution < 1.29 is 5.11 Å². The zero-order chi connectivity index (χ0) is 12.6.